The third kappa shape index (κ3) is 5.63. The molecule has 4 rings (SSSR count). The fourth-order valence-corrected chi connectivity index (χ4v) is 3.69. The molecule has 1 aliphatic rings. The molecule has 1 aliphatic heterocycles. The van der Waals surface area contributed by atoms with Gasteiger partial charge in [-0.25, -0.2) is 14.2 Å². The number of hydrogen-bond donors (Lipinski definition) is 1. The lowest BCUT2D eigenvalue weighted by molar-refractivity contribution is -0.192. The minimum atomic E-state index is -5.08. The predicted molar refractivity (Wildman–Crippen MR) is 101 cm³/mol. The first kappa shape index (κ1) is 21.9. The van der Waals surface area contributed by atoms with Gasteiger partial charge in [-0.1, -0.05) is 16.5 Å². The molecule has 0 spiro atoms. The Morgan fingerprint density at radius 1 is 1.27 bits per heavy atom. The number of carboxylic acid groups (broad SMARTS) is 1. The van der Waals surface area contributed by atoms with Crippen LogP contribution in [0.4, 0.5) is 13.2 Å². The predicted octanol–water partition coefficient (Wildman–Crippen LogP) is 2.33. The molecule has 0 aromatic carbocycles. The quantitative estimate of drug-likeness (QED) is 0.660. The standard InChI is InChI=1S/C15H19N7S.C2HF3O2/c1-12-8-16-18-22(12)10-14-15-11-20(9-13-4-2-7-23-13)5-3-6-21(15)19-17-14;3-2(4,5)1(6)7/h2,4,7-8H,3,5-6,9-11H2,1H3;(H,6,7). The average molecular weight is 443 g/mol. The van der Waals surface area contributed by atoms with Crippen LogP contribution < -0.4 is 0 Å². The van der Waals surface area contributed by atoms with Gasteiger partial charge in [0.1, 0.15) is 5.69 Å². The number of aryl methyl sites for hydroxylation is 2. The summed E-state index contributed by atoms with van der Waals surface area (Å²) in [7, 11) is 0. The first-order valence-electron chi connectivity index (χ1n) is 9.05. The highest BCUT2D eigenvalue weighted by Crippen LogP contribution is 2.19. The van der Waals surface area contributed by atoms with Crippen LogP contribution in [0.3, 0.4) is 0 Å². The number of thiophene rings is 1. The van der Waals surface area contributed by atoms with Gasteiger partial charge in [-0.3, -0.25) is 4.90 Å². The van der Waals surface area contributed by atoms with Crippen molar-refractivity contribution in [3.05, 3.63) is 45.7 Å². The summed E-state index contributed by atoms with van der Waals surface area (Å²) in [4.78, 5) is 12.8. The summed E-state index contributed by atoms with van der Waals surface area (Å²) in [5.41, 5.74) is 3.24. The molecular formula is C17H20F3N7O2S. The molecule has 0 atom stereocenters. The minimum absolute atomic E-state index is 0.633. The summed E-state index contributed by atoms with van der Waals surface area (Å²) in [6.45, 7) is 6.53. The zero-order chi connectivity index (χ0) is 21.7. The molecular weight excluding hydrogens is 423 g/mol. The van der Waals surface area contributed by atoms with Gasteiger partial charge in [0.2, 0.25) is 0 Å². The molecule has 0 radical (unpaired) electrons. The van der Waals surface area contributed by atoms with E-state index in [-0.39, 0.29) is 0 Å². The van der Waals surface area contributed by atoms with Crippen LogP contribution in [-0.2, 0) is 31.0 Å². The Morgan fingerprint density at radius 2 is 2.03 bits per heavy atom. The van der Waals surface area contributed by atoms with Gasteiger partial charge < -0.3 is 5.11 Å². The van der Waals surface area contributed by atoms with Crippen molar-refractivity contribution in [1.29, 1.82) is 0 Å². The van der Waals surface area contributed by atoms with Crippen LogP contribution in [0.2, 0.25) is 0 Å². The number of aliphatic carboxylic acids is 1. The van der Waals surface area contributed by atoms with Crippen LogP contribution in [0.5, 0.6) is 0 Å². The number of aromatic nitrogens is 6. The maximum atomic E-state index is 10.6. The zero-order valence-corrected chi connectivity index (χ0v) is 16.9. The van der Waals surface area contributed by atoms with Crippen molar-refractivity contribution in [3.63, 3.8) is 0 Å². The Bertz CT molecular complexity index is 969. The molecule has 1 N–H and O–H groups in total. The molecule has 13 heteroatoms. The van der Waals surface area contributed by atoms with E-state index in [9.17, 15) is 13.2 Å². The van der Waals surface area contributed by atoms with E-state index in [1.807, 2.05) is 22.9 Å². The summed E-state index contributed by atoms with van der Waals surface area (Å²) in [5.74, 6) is -2.76. The number of rotatable bonds is 4. The second-order valence-corrected chi connectivity index (χ2v) is 7.72. The highest BCUT2D eigenvalue weighted by atomic mass is 32.1. The van der Waals surface area contributed by atoms with Crippen LogP contribution in [0, 0.1) is 6.92 Å². The molecule has 3 aromatic rings. The smallest absolute Gasteiger partial charge is 0.475 e. The number of halogens is 3. The monoisotopic (exact) mass is 443 g/mol. The molecule has 4 heterocycles. The van der Waals surface area contributed by atoms with Gasteiger partial charge in [0.05, 0.1) is 24.1 Å². The molecule has 3 aromatic heterocycles. The number of carbonyl (C=O) groups is 1. The Kier molecular flexibility index (Phi) is 6.82. The summed E-state index contributed by atoms with van der Waals surface area (Å²) >= 11 is 1.81. The van der Waals surface area contributed by atoms with E-state index < -0.39 is 12.1 Å². The lowest BCUT2D eigenvalue weighted by atomic mass is 10.3. The van der Waals surface area contributed by atoms with Crippen molar-refractivity contribution in [1.82, 2.24) is 34.9 Å². The lowest BCUT2D eigenvalue weighted by Gasteiger charge is -2.18. The van der Waals surface area contributed by atoms with E-state index in [4.69, 9.17) is 9.90 Å². The molecule has 0 saturated carbocycles. The Labute approximate surface area is 173 Å². The number of alkyl halides is 3. The topological polar surface area (TPSA) is 102 Å². The number of fused-ring (bicyclic) bond motifs is 1. The third-order valence-electron chi connectivity index (χ3n) is 4.45. The SMILES string of the molecule is Cc1cnnn1Cc1nnn2c1CN(Cc1cccs1)CCC2.O=C(O)C(F)(F)F. The summed E-state index contributed by atoms with van der Waals surface area (Å²) in [6.07, 6.45) is -2.21. The van der Waals surface area contributed by atoms with Crippen molar-refractivity contribution >= 4 is 17.3 Å². The van der Waals surface area contributed by atoms with E-state index in [1.54, 1.807) is 6.20 Å². The van der Waals surface area contributed by atoms with Gasteiger partial charge >= 0.3 is 12.1 Å². The largest absolute Gasteiger partial charge is 0.490 e. The molecule has 0 unspecified atom stereocenters. The molecule has 9 nitrogen and oxygen atoms in total. The number of carboxylic acids is 1. The molecule has 30 heavy (non-hydrogen) atoms. The molecule has 0 saturated heterocycles. The van der Waals surface area contributed by atoms with Crippen molar-refractivity contribution in [3.8, 4) is 0 Å². The fraction of sp³-hybridized carbons (Fsp3) is 0.471. The lowest BCUT2D eigenvalue weighted by Crippen LogP contribution is -2.23. The highest BCUT2D eigenvalue weighted by Gasteiger charge is 2.38. The van der Waals surface area contributed by atoms with Crippen molar-refractivity contribution in [2.75, 3.05) is 6.54 Å². The molecule has 0 bridgehead atoms. The Balaban J connectivity index is 0.000000318. The van der Waals surface area contributed by atoms with Crippen molar-refractivity contribution in [2.24, 2.45) is 0 Å². The van der Waals surface area contributed by atoms with Gasteiger partial charge in [0.15, 0.2) is 0 Å². The first-order valence-corrected chi connectivity index (χ1v) is 9.93. The summed E-state index contributed by atoms with van der Waals surface area (Å²) < 4.78 is 35.7. The van der Waals surface area contributed by atoms with Gasteiger partial charge in [0, 0.05) is 31.1 Å². The van der Waals surface area contributed by atoms with E-state index in [0.29, 0.717) is 6.54 Å². The van der Waals surface area contributed by atoms with E-state index >= 15 is 0 Å². The van der Waals surface area contributed by atoms with Gasteiger partial charge in [-0.15, -0.1) is 21.5 Å². The van der Waals surface area contributed by atoms with Gasteiger partial charge in [-0.2, -0.15) is 13.2 Å². The second kappa shape index (κ2) is 9.34. The minimum Gasteiger partial charge on any atom is -0.475 e. The second-order valence-electron chi connectivity index (χ2n) is 6.69. The maximum absolute atomic E-state index is 10.6. The molecule has 0 amide bonds. The van der Waals surface area contributed by atoms with E-state index in [0.717, 1.165) is 44.0 Å². The van der Waals surface area contributed by atoms with E-state index in [2.05, 4.69) is 47.7 Å². The van der Waals surface area contributed by atoms with E-state index in [1.165, 1.54) is 10.6 Å². The highest BCUT2D eigenvalue weighted by molar-refractivity contribution is 7.09. The summed E-state index contributed by atoms with van der Waals surface area (Å²) in [6, 6.07) is 4.31. The first-order chi connectivity index (χ1) is 14.2. The third-order valence-corrected chi connectivity index (χ3v) is 5.31. The average Bonchev–Trinajstić information content (AvgIpc) is 3.37. The Morgan fingerprint density at radius 3 is 2.63 bits per heavy atom. The van der Waals surface area contributed by atoms with Crippen LogP contribution in [0.1, 0.15) is 28.4 Å². The number of hydrogen-bond acceptors (Lipinski definition) is 7. The van der Waals surface area contributed by atoms with Gasteiger partial charge in [-0.05, 0) is 24.8 Å². The van der Waals surface area contributed by atoms with Crippen molar-refractivity contribution in [2.45, 2.75) is 45.7 Å². The normalized spacial score (nSPS) is 14.5. The van der Waals surface area contributed by atoms with Crippen LogP contribution >= 0.6 is 11.3 Å². The summed E-state index contributed by atoms with van der Waals surface area (Å²) in [5, 5.41) is 26.1. The van der Waals surface area contributed by atoms with Crippen LogP contribution in [0.25, 0.3) is 0 Å². The maximum Gasteiger partial charge on any atom is 0.490 e. The fourth-order valence-electron chi connectivity index (χ4n) is 2.94. The van der Waals surface area contributed by atoms with Crippen molar-refractivity contribution < 1.29 is 23.1 Å². The van der Waals surface area contributed by atoms with Gasteiger partial charge in [0.25, 0.3) is 0 Å². The van der Waals surface area contributed by atoms with Crippen LogP contribution in [0.15, 0.2) is 23.7 Å². The molecule has 0 fully saturated rings. The Hall–Kier alpha value is -2.80. The van der Waals surface area contributed by atoms with Crippen LogP contribution in [-0.4, -0.2) is 58.7 Å². The molecule has 162 valence electrons. The molecule has 0 aliphatic carbocycles. The zero-order valence-electron chi connectivity index (χ0n) is 16.1. The number of nitrogens with zero attached hydrogens (tertiary/aromatic N) is 7.